The van der Waals surface area contributed by atoms with Gasteiger partial charge in [0, 0.05) is 25.1 Å². The van der Waals surface area contributed by atoms with Crippen molar-refractivity contribution in [1.82, 2.24) is 20.5 Å². The number of carbonyl (C=O) groups is 4. The van der Waals surface area contributed by atoms with E-state index in [0.29, 0.717) is 18.5 Å². The molecule has 0 aliphatic carbocycles. The molecule has 33 heavy (non-hydrogen) atoms. The Bertz CT molecular complexity index is 1290. The van der Waals surface area contributed by atoms with Crippen LogP contribution < -0.4 is 10.6 Å². The third-order valence-corrected chi connectivity index (χ3v) is 6.60. The van der Waals surface area contributed by atoms with E-state index in [4.69, 9.17) is 4.74 Å². The molecule has 10 heteroatoms. The van der Waals surface area contributed by atoms with Gasteiger partial charge in [0.25, 0.3) is 5.91 Å². The maximum atomic E-state index is 12.9. The standard InChI is InChI=1S/C23H20N4O5S/c28-20-6-4-18(21(29)26-20)27-10-15-3-1-13(7-16(15)22(27)30)9-24-23(31)32-11-14-2-5-19-17(8-14)25-12-33-19/h1-3,5,7-8,12,18H,4,6,9-11H2,(H,24,31)(H,26,28,29). The van der Waals surface area contributed by atoms with Crippen LogP contribution in [0.15, 0.2) is 41.9 Å². The minimum Gasteiger partial charge on any atom is -0.445 e. The Hall–Kier alpha value is -3.79. The van der Waals surface area contributed by atoms with E-state index in [1.54, 1.807) is 22.9 Å². The maximum absolute atomic E-state index is 12.9. The molecule has 4 amide bonds. The van der Waals surface area contributed by atoms with Crippen LogP contribution in [0.3, 0.4) is 0 Å². The SMILES string of the molecule is O=C1CCC(N2Cc3ccc(CNC(=O)OCc4ccc5scnc5c4)cc3C2=O)C(=O)N1. The molecule has 168 valence electrons. The van der Waals surface area contributed by atoms with Crippen molar-refractivity contribution in [1.29, 1.82) is 0 Å². The number of aromatic nitrogens is 1. The summed E-state index contributed by atoms with van der Waals surface area (Å²) in [6.07, 6.45) is -0.0312. The molecular formula is C23H20N4O5S. The van der Waals surface area contributed by atoms with Gasteiger partial charge in [-0.3, -0.25) is 19.7 Å². The van der Waals surface area contributed by atoms with Crippen molar-refractivity contribution >= 4 is 45.4 Å². The number of rotatable bonds is 5. The Balaban J connectivity index is 1.17. The lowest BCUT2D eigenvalue weighted by molar-refractivity contribution is -0.136. The van der Waals surface area contributed by atoms with Crippen molar-refractivity contribution in [3.05, 3.63) is 64.2 Å². The number of ether oxygens (including phenoxy) is 1. The molecule has 2 aliphatic heterocycles. The van der Waals surface area contributed by atoms with Gasteiger partial charge in [-0.25, -0.2) is 9.78 Å². The predicted molar refractivity (Wildman–Crippen MR) is 119 cm³/mol. The van der Waals surface area contributed by atoms with Crippen molar-refractivity contribution in [2.75, 3.05) is 0 Å². The van der Waals surface area contributed by atoms with Crippen LogP contribution in [0.1, 0.15) is 39.9 Å². The number of imide groups is 1. The van der Waals surface area contributed by atoms with Crippen molar-refractivity contribution < 1.29 is 23.9 Å². The zero-order chi connectivity index (χ0) is 22.9. The van der Waals surface area contributed by atoms with Crippen LogP contribution in [0.25, 0.3) is 10.2 Å². The Labute approximate surface area is 192 Å². The number of hydrogen-bond acceptors (Lipinski definition) is 7. The molecule has 0 radical (unpaired) electrons. The molecule has 1 atom stereocenters. The summed E-state index contributed by atoms with van der Waals surface area (Å²) in [4.78, 5) is 54.3. The van der Waals surface area contributed by atoms with Gasteiger partial charge in [-0.1, -0.05) is 18.2 Å². The van der Waals surface area contributed by atoms with E-state index in [0.717, 1.165) is 26.9 Å². The van der Waals surface area contributed by atoms with Crippen molar-refractivity contribution in [2.45, 2.75) is 38.6 Å². The third-order valence-electron chi connectivity index (χ3n) is 5.79. The lowest BCUT2D eigenvalue weighted by Gasteiger charge is -2.29. The lowest BCUT2D eigenvalue weighted by atomic mass is 10.0. The fourth-order valence-electron chi connectivity index (χ4n) is 4.08. The molecule has 1 saturated heterocycles. The topological polar surface area (TPSA) is 118 Å². The van der Waals surface area contributed by atoms with Crippen LogP contribution in [0.2, 0.25) is 0 Å². The molecule has 1 fully saturated rings. The maximum Gasteiger partial charge on any atom is 0.407 e. The van der Waals surface area contributed by atoms with Crippen LogP contribution in [0.5, 0.6) is 0 Å². The molecule has 3 aromatic rings. The van der Waals surface area contributed by atoms with E-state index in [9.17, 15) is 19.2 Å². The van der Waals surface area contributed by atoms with Gasteiger partial charge < -0.3 is 15.0 Å². The molecule has 1 aromatic heterocycles. The number of nitrogens with one attached hydrogen (secondary N) is 2. The van der Waals surface area contributed by atoms with Crippen LogP contribution in [0, 0.1) is 0 Å². The first-order valence-electron chi connectivity index (χ1n) is 10.5. The summed E-state index contributed by atoms with van der Waals surface area (Å²) in [6.45, 7) is 0.644. The summed E-state index contributed by atoms with van der Waals surface area (Å²) in [7, 11) is 0. The van der Waals surface area contributed by atoms with Gasteiger partial charge in [-0.05, 0) is 41.3 Å². The number of piperidine rings is 1. The first kappa shape index (κ1) is 21.1. The summed E-state index contributed by atoms with van der Waals surface area (Å²) in [5.41, 5.74) is 5.55. The summed E-state index contributed by atoms with van der Waals surface area (Å²) < 4.78 is 6.36. The number of fused-ring (bicyclic) bond motifs is 2. The molecule has 3 heterocycles. The van der Waals surface area contributed by atoms with Gasteiger partial charge in [-0.15, -0.1) is 11.3 Å². The molecule has 2 aliphatic rings. The number of benzene rings is 2. The van der Waals surface area contributed by atoms with E-state index in [1.165, 1.54) is 4.90 Å². The first-order valence-corrected chi connectivity index (χ1v) is 11.3. The minimum atomic E-state index is -0.650. The molecule has 1 unspecified atom stereocenters. The van der Waals surface area contributed by atoms with Crippen LogP contribution in [-0.2, 0) is 34.0 Å². The first-order chi connectivity index (χ1) is 16.0. The van der Waals surface area contributed by atoms with Gasteiger partial charge >= 0.3 is 6.09 Å². The number of nitrogens with zero attached hydrogens (tertiary/aromatic N) is 2. The van der Waals surface area contributed by atoms with E-state index in [2.05, 4.69) is 15.6 Å². The van der Waals surface area contributed by atoms with Gasteiger partial charge in [0.1, 0.15) is 12.6 Å². The normalized spacial score (nSPS) is 17.8. The summed E-state index contributed by atoms with van der Waals surface area (Å²) >= 11 is 1.55. The van der Waals surface area contributed by atoms with Crippen molar-refractivity contribution in [3.8, 4) is 0 Å². The minimum absolute atomic E-state index is 0.128. The quantitative estimate of drug-likeness (QED) is 0.560. The highest BCUT2D eigenvalue weighted by Gasteiger charge is 2.39. The highest BCUT2D eigenvalue weighted by atomic mass is 32.1. The van der Waals surface area contributed by atoms with Crippen LogP contribution >= 0.6 is 11.3 Å². The molecule has 2 N–H and O–H groups in total. The number of carbonyl (C=O) groups excluding carboxylic acids is 4. The van der Waals surface area contributed by atoms with Crippen molar-refractivity contribution in [2.24, 2.45) is 0 Å². The number of hydrogen-bond donors (Lipinski definition) is 2. The van der Waals surface area contributed by atoms with E-state index in [1.807, 2.05) is 30.3 Å². The Kier molecular flexibility index (Phi) is 5.51. The van der Waals surface area contributed by atoms with Gasteiger partial charge in [0.05, 0.1) is 15.7 Å². The Morgan fingerprint density at radius 2 is 2.03 bits per heavy atom. The van der Waals surface area contributed by atoms with Gasteiger partial charge in [0.2, 0.25) is 11.8 Å². The second kappa shape index (κ2) is 8.62. The number of thiazole rings is 1. The molecule has 0 spiro atoms. The number of amides is 4. The average Bonchev–Trinajstić information content (AvgIpc) is 3.40. The summed E-state index contributed by atoms with van der Waals surface area (Å²) in [5, 5.41) is 4.99. The highest BCUT2D eigenvalue weighted by Crippen LogP contribution is 2.28. The summed E-state index contributed by atoms with van der Waals surface area (Å²) in [5.74, 6) is -1.00. The zero-order valence-electron chi connectivity index (χ0n) is 17.5. The van der Waals surface area contributed by atoms with E-state index in [-0.39, 0.29) is 31.4 Å². The van der Waals surface area contributed by atoms with E-state index >= 15 is 0 Å². The second-order valence-corrected chi connectivity index (χ2v) is 8.86. The fraction of sp³-hybridized carbons (Fsp3) is 0.261. The molecule has 5 rings (SSSR count). The number of alkyl carbamates (subject to hydrolysis) is 1. The fourth-order valence-corrected chi connectivity index (χ4v) is 4.74. The van der Waals surface area contributed by atoms with Gasteiger partial charge in [-0.2, -0.15) is 0 Å². The average molecular weight is 465 g/mol. The predicted octanol–water partition coefficient (Wildman–Crippen LogP) is 2.48. The van der Waals surface area contributed by atoms with Crippen LogP contribution in [-0.4, -0.2) is 39.7 Å². The molecule has 9 nitrogen and oxygen atoms in total. The molecule has 0 saturated carbocycles. The smallest absolute Gasteiger partial charge is 0.407 e. The monoisotopic (exact) mass is 464 g/mol. The third kappa shape index (κ3) is 4.29. The Morgan fingerprint density at radius 3 is 2.88 bits per heavy atom. The molecule has 0 bridgehead atoms. The second-order valence-electron chi connectivity index (χ2n) is 7.98. The lowest BCUT2D eigenvalue weighted by Crippen LogP contribution is -2.52. The molecule has 2 aromatic carbocycles. The summed E-state index contributed by atoms with van der Waals surface area (Å²) in [6, 6.07) is 10.5. The Morgan fingerprint density at radius 1 is 1.18 bits per heavy atom. The van der Waals surface area contributed by atoms with Gasteiger partial charge in [0.15, 0.2) is 0 Å². The van der Waals surface area contributed by atoms with Crippen molar-refractivity contribution in [3.63, 3.8) is 0 Å². The highest BCUT2D eigenvalue weighted by molar-refractivity contribution is 7.16. The zero-order valence-corrected chi connectivity index (χ0v) is 18.3. The van der Waals surface area contributed by atoms with E-state index < -0.39 is 18.0 Å². The van der Waals surface area contributed by atoms with Crippen LogP contribution in [0.4, 0.5) is 4.79 Å². The largest absolute Gasteiger partial charge is 0.445 e. The molecular weight excluding hydrogens is 444 g/mol.